The highest BCUT2D eigenvalue weighted by Gasteiger charge is 2.42. The van der Waals surface area contributed by atoms with Gasteiger partial charge in [-0.3, -0.25) is 9.79 Å². The summed E-state index contributed by atoms with van der Waals surface area (Å²) in [4.78, 5) is 25.0. The number of anilines is 1. The molecule has 0 radical (unpaired) electrons. The summed E-state index contributed by atoms with van der Waals surface area (Å²) in [6, 6.07) is 4.04. The lowest BCUT2D eigenvalue weighted by molar-refractivity contribution is -0.138. The zero-order valence-corrected chi connectivity index (χ0v) is 16.7. The first-order chi connectivity index (χ1) is 12.4. The molecule has 1 amide bonds. The lowest BCUT2D eigenvalue weighted by Gasteiger charge is -2.31. The minimum absolute atomic E-state index is 0.211. The van der Waals surface area contributed by atoms with Gasteiger partial charge in [0.25, 0.3) is 0 Å². The van der Waals surface area contributed by atoms with Gasteiger partial charge in [0, 0.05) is 54.5 Å². The van der Waals surface area contributed by atoms with Crippen LogP contribution in [0.25, 0.3) is 0 Å². The number of guanidine groups is 1. The minimum atomic E-state index is -0.310. The number of amides is 1. The molecule has 7 nitrogen and oxygen atoms in total. The summed E-state index contributed by atoms with van der Waals surface area (Å²) in [7, 11) is 9.37. The number of carbonyl (C=O) groups is 1. The molecule has 7 heteroatoms. The molecular weight excluding hydrogens is 328 g/mol. The summed E-state index contributed by atoms with van der Waals surface area (Å²) >= 11 is 0. The van der Waals surface area contributed by atoms with E-state index in [1.165, 1.54) is 0 Å². The van der Waals surface area contributed by atoms with Crippen LogP contribution in [0, 0.1) is 5.41 Å². The van der Waals surface area contributed by atoms with Gasteiger partial charge < -0.3 is 20.4 Å². The molecule has 2 N–H and O–H groups in total. The number of aromatic nitrogens is 1. The average Bonchev–Trinajstić information content (AvgIpc) is 3.11. The molecule has 26 heavy (non-hydrogen) atoms. The van der Waals surface area contributed by atoms with Gasteiger partial charge in [0.15, 0.2) is 5.96 Å². The molecule has 0 unspecified atom stereocenters. The fraction of sp³-hybridized carbons (Fsp3) is 0.632. The molecule has 0 aromatic carbocycles. The van der Waals surface area contributed by atoms with Crippen molar-refractivity contribution in [3.8, 4) is 0 Å². The highest BCUT2D eigenvalue weighted by Crippen LogP contribution is 2.38. The standard InChI is InChI=1S/C19H32N6O/c1-20-18(22-13-15-8-11-21-16(12-15)24(2)3)23-14-19(9-6-7-10-19)17(26)25(4)5/h8,11-12H,6-7,9-10,13-14H2,1-5H3,(H2,20,22,23). The molecule has 144 valence electrons. The third kappa shape index (κ3) is 4.86. The molecule has 1 heterocycles. The number of aliphatic imine (C=N–C) groups is 1. The molecule has 1 aliphatic carbocycles. The molecular formula is C19H32N6O. The van der Waals surface area contributed by atoms with Crippen LogP contribution in [-0.2, 0) is 11.3 Å². The number of hydrogen-bond acceptors (Lipinski definition) is 4. The van der Waals surface area contributed by atoms with Gasteiger partial charge in [-0.15, -0.1) is 0 Å². The van der Waals surface area contributed by atoms with E-state index >= 15 is 0 Å². The van der Waals surface area contributed by atoms with E-state index in [0.717, 1.165) is 37.1 Å². The van der Waals surface area contributed by atoms with Gasteiger partial charge in [-0.1, -0.05) is 12.8 Å². The number of nitrogens with zero attached hydrogens (tertiary/aromatic N) is 4. The maximum absolute atomic E-state index is 12.7. The van der Waals surface area contributed by atoms with Gasteiger partial charge in [-0.05, 0) is 30.5 Å². The van der Waals surface area contributed by atoms with E-state index in [2.05, 4.69) is 20.6 Å². The topological polar surface area (TPSA) is 72.9 Å². The molecule has 2 rings (SSSR count). The van der Waals surface area contributed by atoms with Crippen molar-refractivity contribution in [2.24, 2.45) is 10.4 Å². The Balaban J connectivity index is 1.95. The largest absolute Gasteiger partial charge is 0.363 e. The van der Waals surface area contributed by atoms with E-state index in [-0.39, 0.29) is 11.3 Å². The summed E-state index contributed by atoms with van der Waals surface area (Å²) in [6.45, 7) is 1.26. The van der Waals surface area contributed by atoms with Crippen LogP contribution in [0.4, 0.5) is 5.82 Å². The number of carbonyl (C=O) groups excluding carboxylic acids is 1. The first kappa shape index (κ1) is 20.0. The van der Waals surface area contributed by atoms with Crippen LogP contribution in [0.3, 0.4) is 0 Å². The Morgan fingerprint density at radius 2 is 1.92 bits per heavy atom. The Labute approximate surface area is 156 Å². The average molecular weight is 361 g/mol. The predicted octanol–water partition coefficient (Wildman–Crippen LogP) is 1.46. The molecule has 1 aliphatic rings. The van der Waals surface area contributed by atoms with E-state index in [1.807, 2.05) is 51.4 Å². The predicted molar refractivity (Wildman–Crippen MR) is 106 cm³/mol. The maximum Gasteiger partial charge on any atom is 0.230 e. The van der Waals surface area contributed by atoms with Crippen LogP contribution in [0.2, 0.25) is 0 Å². The van der Waals surface area contributed by atoms with Gasteiger partial charge in [-0.25, -0.2) is 4.98 Å². The zero-order chi connectivity index (χ0) is 19.2. The second kappa shape index (κ2) is 8.87. The Bertz CT molecular complexity index is 635. The van der Waals surface area contributed by atoms with Crippen molar-refractivity contribution in [1.29, 1.82) is 0 Å². The van der Waals surface area contributed by atoms with E-state index in [0.29, 0.717) is 19.0 Å². The Hall–Kier alpha value is -2.31. The van der Waals surface area contributed by atoms with Crippen molar-refractivity contribution in [3.05, 3.63) is 23.9 Å². The number of hydrogen-bond donors (Lipinski definition) is 2. The molecule has 0 atom stereocenters. The monoisotopic (exact) mass is 360 g/mol. The van der Waals surface area contributed by atoms with Gasteiger partial charge >= 0.3 is 0 Å². The molecule has 0 aliphatic heterocycles. The Morgan fingerprint density at radius 3 is 2.50 bits per heavy atom. The van der Waals surface area contributed by atoms with Crippen molar-refractivity contribution in [2.75, 3.05) is 46.7 Å². The number of rotatable bonds is 6. The zero-order valence-electron chi connectivity index (χ0n) is 16.7. The van der Waals surface area contributed by atoms with Gasteiger partial charge in [0.05, 0.1) is 5.41 Å². The second-order valence-electron chi connectivity index (χ2n) is 7.38. The highest BCUT2D eigenvalue weighted by molar-refractivity contribution is 5.85. The summed E-state index contributed by atoms with van der Waals surface area (Å²) in [5.74, 6) is 1.85. The Kier molecular flexibility index (Phi) is 6.83. The first-order valence-electron chi connectivity index (χ1n) is 9.16. The van der Waals surface area contributed by atoms with Crippen LogP contribution < -0.4 is 15.5 Å². The Morgan fingerprint density at radius 1 is 1.23 bits per heavy atom. The van der Waals surface area contributed by atoms with Crippen molar-refractivity contribution in [2.45, 2.75) is 32.2 Å². The third-order valence-electron chi connectivity index (χ3n) is 4.97. The SMILES string of the molecule is CN=C(NCc1ccnc(N(C)C)c1)NCC1(C(=O)N(C)C)CCCC1. The molecule has 1 aromatic heterocycles. The summed E-state index contributed by atoms with van der Waals surface area (Å²) in [5, 5.41) is 6.69. The van der Waals surface area contributed by atoms with E-state index in [1.54, 1.807) is 11.9 Å². The van der Waals surface area contributed by atoms with Crippen molar-refractivity contribution < 1.29 is 4.79 Å². The lowest BCUT2D eigenvalue weighted by Crippen LogP contribution is -2.49. The molecule has 1 aromatic rings. The fourth-order valence-corrected chi connectivity index (χ4v) is 3.47. The van der Waals surface area contributed by atoms with E-state index in [4.69, 9.17) is 0 Å². The fourth-order valence-electron chi connectivity index (χ4n) is 3.47. The third-order valence-corrected chi connectivity index (χ3v) is 4.97. The van der Waals surface area contributed by atoms with Crippen molar-refractivity contribution >= 4 is 17.7 Å². The maximum atomic E-state index is 12.7. The van der Waals surface area contributed by atoms with Crippen molar-refractivity contribution in [1.82, 2.24) is 20.5 Å². The summed E-state index contributed by atoms with van der Waals surface area (Å²) in [6.07, 6.45) is 5.90. The molecule has 1 fully saturated rings. The van der Waals surface area contributed by atoms with Crippen LogP contribution in [0.5, 0.6) is 0 Å². The summed E-state index contributed by atoms with van der Waals surface area (Å²) in [5.41, 5.74) is 0.821. The van der Waals surface area contributed by atoms with E-state index < -0.39 is 0 Å². The number of nitrogens with one attached hydrogen (secondary N) is 2. The van der Waals surface area contributed by atoms with Crippen molar-refractivity contribution in [3.63, 3.8) is 0 Å². The van der Waals surface area contributed by atoms with Crippen LogP contribution in [0.15, 0.2) is 23.3 Å². The van der Waals surface area contributed by atoms with Gasteiger partial charge in [-0.2, -0.15) is 0 Å². The molecule has 1 saturated carbocycles. The van der Waals surface area contributed by atoms with Crippen LogP contribution >= 0.6 is 0 Å². The van der Waals surface area contributed by atoms with Gasteiger partial charge in [0.2, 0.25) is 5.91 Å². The quantitative estimate of drug-likeness (QED) is 0.594. The second-order valence-corrected chi connectivity index (χ2v) is 7.38. The van der Waals surface area contributed by atoms with Gasteiger partial charge in [0.1, 0.15) is 5.82 Å². The summed E-state index contributed by atoms with van der Waals surface area (Å²) < 4.78 is 0. The number of pyridine rings is 1. The molecule has 0 bridgehead atoms. The molecule has 0 spiro atoms. The van der Waals surface area contributed by atoms with Crippen LogP contribution in [-0.4, -0.2) is 63.5 Å². The highest BCUT2D eigenvalue weighted by atomic mass is 16.2. The van der Waals surface area contributed by atoms with Crippen LogP contribution in [0.1, 0.15) is 31.2 Å². The molecule has 0 saturated heterocycles. The lowest BCUT2D eigenvalue weighted by atomic mass is 9.84. The van der Waals surface area contributed by atoms with E-state index in [9.17, 15) is 4.79 Å². The minimum Gasteiger partial charge on any atom is -0.363 e. The normalized spacial score (nSPS) is 16.3. The smallest absolute Gasteiger partial charge is 0.230 e. The first-order valence-corrected chi connectivity index (χ1v) is 9.16.